The molecular formula is C16H15Br2FO. The lowest BCUT2D eigenvalue weighted by Crippen LogP contribution is -2.08. The van der Waals surface area contributed by atoms with Crippen LogP contribution in [-0.2, 0) is 0 Å². The highest BCUT2D eigenvalue weighted by Gasteiger charge is 2.14. The zero-order chi connectivity index (χ0) is 14.4. The van der Waals surface area contributed by atoms with Crippen LogP contribution in [0, 0.1) is 5.82 Å². The van der Waals surface area contributed by atoms with E-state index in [1.165, 1.54) is 6.07 Å². The minimum atomic E-state index is -0.153. The molecule has 1 unspecified atom stereocenters. The molecule has 0 aliphatic carbocycles. The molecule has 1 nitrogen and oxygen atoms in total. The lowest BCUT2D eigenvalue weighted by molar-refractivity contribution is 0.300. The zero-order valence-corrected chi connectivity index (χ0v) is 14.0. The summed E-state index contributed by atoms with van der Waals surface area (Å²) in [5, 5.41) is 0.718. The van der Waals surface area contributed by atoms with Crippen molar-refractivity contribution in [2.24, 2.45) is 0 Å². The molecule has 0 saturated carbocycles. The lowest BCUT2D eigenvalue weighted by Gasteiger charge is -2.16. The summed E-state index contributed by atoms with van der Waals surface area (Å²) in [5.41, 5.74) is 0.738. The van der Waals surface area contributed by atoms with Crippen LogP contribution in [-0.4, -0.2) is 11.9 Å². The largest absolute Gasteiger partial charge is 0.494 e. The van der Waals surface area contributed by atoms with E-state index in [-0.39, 0.29) is 11.7 Å². The zero-order valence-electron chi connectivity index (χ0n) is 10.9. The molecule has 0 aromatic heterocycles. The highest BCUT2D eigenvalue weighted by Crippen LogP contribution is 2.25. The topological polar surface area (TPSA) is 9.23 Å². The molecule has 0 spiro atoms. The summed E-state index contributed by atoms with van der Waals surface area (Å²) in [6, 6.07) is 14.6. The SMILES string of the molecule is Fc1ccccc1C(CBr)CCOc1cccc(Br)c1. The molecule has 0 aliphatic rings. The van der Waals surface area contributed by atoms with E-state index in [4.69, 9.17) is 4.74 Å². The van der Waals surface area contributed by atoms with Gasteiger partial charge in [0.15, 0.2) is 0 Å². The van der Waals surface area contributed by atoms with Crippen LogP contribution in [0.4, 0.5) is 4.39 Å². The Balaban J connectivity index is 1.93. The van der Waals surface area contributed by atoms with Gasteiger partial charge in [-0.05, 0) is 42.2 Å². The van der Waals surface area contributed by atoms with Crippen LogP contribution in [0.5, 0.6) is 5.75 Å². The molecule has 1 atom stereocenters. The van der Waals surface area contributed by atoms with Crippen molar-refractivity contribution in [2.75, 3.05) is 11.9 Å². The standard InChI is InChI=1S/C16H15Br2FO/c17-11-12(15-6-1-2-7-16(15)19)8-9-20-14-5-3-4-13(18)10-14/h1-7,10,12H,8-9,11H2. The van der Waals surface area contributed by atoms with Gasteiger partial charge in [0.2, 0.25) is 0 Å². The van der Waals surface area contributed by atoms with Crippen LogP contribution in [0.15, 0.2) is 53.0 Å². The Bertz CT molecular complexity index is 560. The van der Waals surface area contributed by atoms with Crippen LogP contribution >= 0.6 is 31.9 Å². The van der Waals surface area contributed by atoms with Gasteiger partial charge in [-0.2, -0.15) is 0 Å². The summed E-state index contributed by atoms with van der Waals surface area (Å²) in [4.78, 5) is 0. The molecule has 0 saturated heterocycles. The highest BCUT2D eigenvalue weighted by atomic mass is 79.9. The first-order valence-electron chi connectivity index (χ1n) is 6.39. The fourth-order valence-corrected chi connectivity index (χ4v) is 3.05. The molecular weight excluding hydrogens is 387 g/mol. The van der Waals surface area contributed by atoms with Gasteiger partial charge >= 0.3 is 0 Å². The van der Waals surface area contributed by atoms with Crippen LogP contribution in [0.2, 0.25) is 0 Å². The number of alkyl halides is 1. The number of benzene rings is 2. The van der Waals surface area contributed by atoms with E-state index in [1.54, 1.807) is 6.07 Å². The van der Waals surface area contributed by atoms with Crippen molar-refractivity contribution in [3.8, 4) is 5.75 Å². The van der Waals surface area contributed by atoms with Crippen molar-refractivity contribution in [2.45, 2.75) is 12.3 Å². The molecule has 0 amide bonds. The van der Waals surface area contributed by atoms with Gasteiger partial charge in [-0.25, -0.2) is 4.39 Å². The first kappa shape index (κ1) is 15.5. The van der Waals surface area contributed by atoms with Crippen molar-refractivity contribution in [3.63, 3.8) is 0 Å². The van der Waals surface area contributed by atoms with E-state index < -0.39 is 0 Å². The van der Waals surface area contributed by atoms with E-state index >= 15 is 0 Å². The number of halogens is 3. The van der Waals surface area contributed by atoms with Gasteiger partial charge < -0.3 is 4.74 Å². The quantitative estimate of drug-likeness (QED) is 0.577. The lowest BCUT2D eigenvalue weighted by atomic mass is 9.98. The maximum absolute atomic E-state index is 13.8. The van der Waals surface area contributed by atoms with Gasteiger partial charge in [0, 0.05) is 9.80 Å². The van der Waals surface area contributed by atoms with Gasteiger partial charge in [0.25, 0.3) is 0 Å². The second-order valence-corrected chi connectivity index (χ2v) is 6.03. The predicted octanol–water partition coefficient (Wildman–Crippen LogP) is 5.54. The molecule has 0 heterocycles. The normalized spacial score (nSPS) is 12.2. The molecule has 20 heavy (non-hydrogen) atoms. The fraction of sp³-hybridized carbons (Fsp3) is 0.250. The number of ether oxygens (including phenoxy) is 1. The minimum Gasteiger partial charge on any atom is -0.494 e. The van der Waals surface area contributed by atoms with Crippen molar-refractivity contribution in [1.29, 1.82) is 0 Å². The second kappa shape index (κ2) is 7.79. The second-order valence-electron chi connectivity index (χ2n) is 4.47. The van der Waals surface area contributed by atoms with Crippen LogP contribution in [0.3, 0.4) is 0 Å². The first-order valence-corrected chi connectivity index (χ1v) is 8.31. The van der Waals surface area contributed by atoms with E-state index in [9.17, 15) is 4.39 Å². The van der Waals surface area contributed by atoms with Gasteiger partial charge in [0.05, 0.1) is 6.61 Å². The summed E-state index contributed by atoms with van der Waals surface area (Å²) < 4.78 is 20.5. The Morgan fingerprint density at radius 2 is 1.90 bits per heavy atom. The Labute approximate surface area is 135 Å². The van der Waals surface area contributed by atoms with Crippen molar-refractivity contribution in [1.82, 2.24) is 0 Å². The highest BCUT2D eigenvalue weighted by molar-refractivity contribution is 9.10. The van der Waals surface area contributed by atoms with E-state index in [2.05, 4.69) is 31.9 Å². The Morgan fingerprint density at radius 3 is 2.60 bits per heavy atom. The Morgan fingerprint density at radius 1 is 1.10 bits per heavy atom. The Hall–Kier alpha value is -0.870. The van der Waals surface area contributed by atoms with E-state index in [0.717, 1.165) is 27.5 Å². The third kappa shape index (κ3) is 4.32. The van der Waals surface area contributed by atoms with Gasteiger partial charge in [-0.15, -0.1) is 0 Å². The van der Waals surface area contributed by atoms with Gasteiger partial charge in [0.1, 0.15) is 11.6 Å². The maximum Gasteiger partial charge on any atom is 0.126 e. The summed E-state index contributed by atoms with van der Waals surface area (Å²) >= 11 is 6.86. The first-order chi connectivity index (χ1) is 9.70. The molecule has 0 N–H and O–H groups in total. The maximum atomic E-state index is 13.8. The number of rotatable bonds is 6. The Kier molecular flexibility index (Phi) is 6.05. The van der Waals surface area contributed by atoms with Crippen LogP contribution in [0.25, 0.3) is 0 Å². The van der Waals surface area contributed by atoms with Crippen LogP contribution in [0.1, 0.15) is 17.9 Å². The molecule has 0 aliphatic heterocycles. The third-order valence-corrected chi connectivity index (χ3v) is 4.34. The molecule has 2 aromatic carbocycles. The van der Waals surface area contributed by atoms with Gasteiger partial charge in [-0.3, -0.25) is 0 Å². The summed E-state index contributed by atoms with van der Waals surface area (Å²) in [5.74, 6) is 0.781. The predicted molar refractivity (Wildman–Crippen MR) is 87.2 cm³/mol. The average Bonchev–Trinajstić information content (AvgIpc) is 2.45. The average molecular weight is 402 g/mol. The molecule has 2 rings (SSSR count). The smallest absolute Gasteiger partial charge is 0.126 e. The van der Waals surface area contributed by atoms with E-state index in [0.29, 0.717) is 6.61 Å². The summed E-state index contributed by atoms with van der Waals surface area (Å²) in [7, 11) is 0. The molecule has 2 aromatic rings. The molecule has 0 radical (unpaired) electrons. The molecule has 0 fully saturated rings. The molecule has 0 bridgehead atoms. The van der Waals surface area contributed by atoms with Crippen molar-refractivity contribution >= 4 is 31.9 Å². The summed E-state index contributed by atoms with van der Waals surface area (Å²) in [6.45, 7) is 0.557. The van der Waals surface area contributed by atoms with E-state index in [1.807, 2.05) is 36.4 Å². The minimum absolute atomic E-state index is 0.114. The number of hydrogen-bond donors (Lipinski definition) is 0. The third-order valence-electron chi connectivity index (χ3n) is 3.06. The van der Waals surface area contributed by atoms with Gasteiger partial charge in [-0.1, -0.05) is 56.1 Å². The van der Waals surface area contributed by atoms with Crippen molar-refractivity contribution < 1.29 is 9.13 Å². The van der Waals surface area contributed by atoms with Crippen molar-refractivity contribution in [3.05, 3.63) is 64.4 Å². The molecule has 4 heteroatoms. The fourth-order valence-electron chi connectivity index (χ4n) is 2.00. The summed E-state index contributed by atoms with van der Waals surface area (Å²) in [6.07, 6.45) is 0.763. The number of hydrogen-bond acceptors (Lipinski definition) is 1. The molecule has 106 valence electrons. The monoisotopic (exact) mass is 400 g/mol. The van der Waals surface area contributed by atoms with Crippen LogP contribution < -0.4 is 4.74 Å².